The number of rotatable bonds is 3. The standard InChI is InChI=1S/C14H19NO/c1-15(2)12-5-3-11(4-6-12)14-7-13(8-14,9-14)10-16/h3-6,16H,7-10H2,1-2H3. The normalized spacial score (nSPS) is 35.2. The zero-order chi connectivity index (χ0) is 11.4. The fourth-order valence-electron chi connectivity index (χ4n) is 3.59. The van der Waals surface area contributed by atoms with Crippen LogP contribution in [0, 0.1) is 5.41 Å². The quantitative estimate of drug-likeness (QED) is 0.838. The van der Waals surface area contributed by atoms with Gasteiger partial charge in [0.1, 0.15) is 0 Å². The van der Waals surface area contributed by atoms with E-state index in [1.807, 2.05) is 0 Å². The van der Waals surface area contributed by atoms with E-state index in [1.54, 1.807) is 0 Å². The van der Waals surface area contributed by atoms with E-state index in [4.69, 9.17) is 0 Å². The van der Waals surface area contributed by atoms with Gasteiger partial charge in [0.25, 0.3) is 0 Å². The highest BCUT2D eigenvalue weighted by atomic mass is 16.3. The van der Waals surface area contributed by atoms with Crippen LogP contribution in [0.2, 0.25) is 0 Å². The second kappa shape index (κ2) is 3.01. The molecule has 2 nitrogen and oxygen atoms in total. The van der Waals surface area contributed by atoms with Crippen molar-refractivity contribution in [2.45, 2.75) is 24.7 Å². The first kappa shape index (κ1) is 10.2. The number of aliphatic hydroxyl groups excluding tert-OH is 1. The van der Waals surface area contributed by atoms with Crippen LogP contribution < -0.4 is 4.90 Å². The van der Waals surface area contributed by atoms with Gasteiger partial charge in [0, 0.05) is 26.4 Å². The maximum absolute atomic E-state index is 9.25. The average Bonchev–Trinajstić information content (AvgIpc) is 2.15. The molecule has 3 aliphatic rings. The number of anilines is 1. The number of benzene rings is 1. The van der Waals surface area contributed by atoms with Crippen molar-refractivity contribution < 1.29 is 5.11 Å². The van der Waals surface area contributed by atoms with Crippen molar-refractivity contribution in [3.63, 3.8) is 0 Å². The molecule has 3 fully saturated rings. The van der Waals surface area contributed by atoms with Gasteiger partial charge in [-0.25, -0.2) is 0 Å². The first-order valence-corrected chi connectivity index (χ1v) is 5.98. The van der Waals surface area contributed by atoms with E-state index in [-0.39, 0.29) is 0 Å². The SMILES string of the molecule is CN(C)c1ccc(C23CC(CO)(C2)C3)cc1. The molecule has 0 spiro atoms. The minimum absolute atomic E-state index is 0.306. The summed E-state index contributed by atoms with van der Waals surface area (Å²) in [5.41, 5.74) is 3.45. The van der Waals surface area contributed by atoms with Gasteiger partial charge in [0.2, 0.25) is 0 Å². The van der Waals surface area contributed by atoms with Crippen molar-refractivity contribution in [2.75, 3.05) is 25.6 Å². The van der Waals surface area contributed by atoms with E-state index in [9.17, 15) is 5.11 Å². The molecule has 3 saturated carbocycles. The fraction of sp³-hybridized carbons (Fsp3) is 0.571. The van der Waals surface area contributed by atoms with Crippen molar-refractivity contribution in [1.82, 2.24) is 0 Å². The molecule has 3 aliphatic carbocycles. The van der Waals surface area contributed by atoms with Crippen LogP contribution in [0.5, 0.6) is 0 Å². The second-order valence-electron chi connectivity index (χ2n) is 5.91. The molecule has 2 bridgehead atoms. The highest BCUT2D eigenvalue weighted by molar-refractivity contribution is 5.49. The third-order valence-electron chi connectivity index (χ3n) is 4.47. The molecule has 0 atom stereocenters. The Bertz CT molecular complexity index is 387. The lowest BCUT2D eigenvalue weighted by molar-refractivity contribution is -0.167. The predicted octanol–water partition coefficient (Wildman–Crippen LogP) is 2.17. The largest absolute Gasteiger partial charge is 0.396 e. The van der Waals surface area contributed by atoms with E-state index in [0.29, 0.717) is 17.4 Å². The highest BCUT2D eigenvalue weighted by Gasteiger charge is 2.67. The molecule has 1 aromatic rings. The van der Waals surface area contributed by atoms with Crippen molar-refractivity contribution >= 4 is 5.69 Å². The Hall–Kier alpha value is -1.02. The summed E-state index contributed by atoms with van der Waals surface area (Å²) in [6, 6.07) is 8.91. The average molecular weight is 217 g/mol. The van der Waals surface area contributed by atoms with Crippen molar-refractivity contribution in [1.29, 1.82) is 0 Å². The molecule has 0 aliphatic heterocycles. The Balaban J connectivity index is 1.78. The molecule has 0 saturated heterocycles. The van der Waals surface area contributed by atoms with Crippen LogP contribution >= 0.6 is 0 Å². The molecule has 1 N–H and O–H groups in total. The van der Waals surface area contributed by atoms with Crippen LogP contribution in [-0.2, 0) is 5.41 Å². The van der Waals surface area contributed by atoms with Crippen molar-refractivity contribution in [2.24, 2.45) is 5.41 Å². The summed E-state index contributed by atoms with van der Waals surface area (Å²) in [6.07, 6.45) is 3.58. The predicted molar refractivity (Wildman–Crippen MR) is 65.8 cm³/mol. The Morgan fingerprint density at radius 2 is 1.69 bits per heavy atom. The smallest absolute Gasteiger partial charge is 0.0488 e. The van der Waals surface area contributed by atoms with Gasteiger partial charge in [-0.1, -0.05) is 12.1 Å². The Morgan fingerprint density at radius 3 is 2.12 bits per heavy atom. The maximum atomic E-state index is 9.25. The zero-order valence-electron chi connectivity index (χ0n) is 10.0. The Kier molecular flexibility index (Phi) is 1.91. The summed E-state index contributed by atoms with van der Waals surface area (Å²) in [7, 11) is 4.13. The number of nitrogens with zero attached hydrogens (tertiary/aromatic N) is 1. The summed E-state index contributed by atoms with van der Waals surface area (Å²) >= 11 is 0. The molecular weight excluding hydrogens is 198 g/mol. The van der Waals surface area contributed by atoms with E-state index in [0.717, 1.165) is 0 Å². The van der Waals surface area contributed by atoms with Crippen molar-refractivity contribution in [3.8, 4) is 0 Å². The number of aliphatic hydroxyl groups is 1. The molecule has 0 radical (unpaired) electrons. The fourth-order valence-corrected chi connectivity index (χ4v) is 3.59. The second-order valence-corrected chi connectivity index (χ2v) is 5.91. The van der Waals surface area contributed by atoms with Gasteiger partial charge in [-0.05, 0) is 47.8 Å². The van der Waals surface area contributed by atoms with Crippen molar-refractivity contribution in [3.05, 3.63) is 29.8 Å². The molecule has 1 aromatic carbocycles. The molecular formula is C14H19NO. The lowest BCUT2D eigenvalue weighted by Gasteiger charge is -2.70. The number of hydrogen-bond donors (Lipinski definition) is 1. The van der Waals surface area contributed by atoms with Crippen LogP contribution in [-0.4, -0.2) is 25.8 Å². The van der Waals surface area contributed by atoms with Gasteiger partial charge in [-0.3, -0.25) is 0 Å². The summed E-state index contributed by atoms with van der Waals surface area (Å²) in [5, 5.41) is 9.25. The van der Waals surface area contributed by atoms with E-state index >= 15 is 0 Å². The van der Waals surface area contributed by atoms with Gasteiger partial charge >= 0.3 is 0 Å². The van der Waals surface area contributed by atoms with E-state index in [1.165, 1.54) is 30.5 Å². The minimum atomic E-state index is 0.306. The Labute approximate surface area is 96.9 Å². The summed E-state index contributed by atoms with van der Waals surface area (Å²) < 4.78 is 0. The van der Waals surface area contributed by atoms with E-state index < -0.39 is 0 Å². The third-order valence-corrected chi connectivity index (χ3v) is 4.47. The van der Waals surface area contributed by atoms with Crippen LogP contribution in [0.4, 0.5) is 5.69 Å². The van der Waals surface area contributed by atoms with Gasteiger partial charge < -0.3 is 10.0 Å². The molecule has 86 valence electrons. The summed E-state index contributed by atoms with van der Waals surface area (Å²) in [4.78, 5) is 2.13. The molecule has 4 rings (SSSR count). The van der Waals surface area contributed by atoms with Crippen LogP contribution in [0.1, 0.15) is 24.8 Å². The van der Waals surface area contributed by atoms with Gasteiger partial charge in [0.05, 0.1) is 0 Å². The topological polar surface area (TPSA) is 23.5 Å². The minimum Gasteiger partial charge on any atom is -0.396 e. The summed E-state index contributed by atoms with van der Waals surface area (Å²) in [5.74, 6) is 0. The Morgan fingerprint density at radius 1 is 1.12 bits per heavy atom. The molecule has 0 heterocycles. The molecule has 0 unspecified atom stereocenters. The van der Waals surface area contributed by atoms with Crippen LogP contribution in [0.25, 0.3) is 0 Å². The van der Waals surface area contributed by atoms with Gasteiger partial charge in [0.15, 0.2) is 0 Å². The first-order valence-electron chi connectivity index (χ1n) is 5.98. The monoisotopic (exact) mass is 217 g/mol. The van der Waals surface area contributed by atoms with Gasteiger partial charge in [-0.2, -0.15) is 0 Å². The van der Waals surface area contributed by atoms with Crippen LogP contribution in [0.15, 0.2) is 24.3 Å². The molecule has 0 aromatic heterocycles. The van der Waals surface area contributed by atoms with Gasteiger partial charge in [-0.15, -0.1) is 0 Å². The summed E-state index contributed by atoms with van der Waals surface area (Å²) in [6.45, 7) is 0.379. The van der Waals surface area contributed by atoms with Crippen LogP contribution in [0.3, 0.4) is 0 Å². The molecule has 0 amide bonds. The number of hydrogen-bond acceptors (Lipinski definition) is 2. The lowest BCUT2D eigenvalue weighted by atomic mass is 9.34. The highest BCUT2D eigenvalue weighted by Crippen LogP contribution is 2.73. The molecule has 16 heavy (non-hydrogen) atoms. The zero-order valence-corrected chi connectivity index (χ0v) is 10.0. The van der Waals surface area contributed by atoms with E-state index in [2.05, 4.69) is 43.3 Å². The maximum Gasteiger partial charge on any atom is 0.0488 e. The third kappa shape index (κ3) is 1.17. The molecule has 2 heteroatoms. The first-order chi connectivity index (χ1) is 7.59. The lowest BCUT2D eigenvalue weighted by Crippen LogP contribution is -2.66.